The van der Waals surface area contributed by atoms with Crippen LogP contribution in [0.3, 0.4) is 0 Å². The fourth-order valence-corrected chi connectivity index (χ4v) is 2.36. The molecule has 2 N–H and O–H groups in total. The fourth-order valence-electron chi connectivity index (χ4n) is 2.36. The van der Waals surface area contributed by atoms with Crippen molar-refractivity contribution in [3.05, 3.63) is 53.9 Å². The summed E-state index contributed by atoms with van der Waals surface area (Å²) in [5.41, 5.74) is 8.61. The van der Waals surface area contributed by atoms with Gasteiger partial charge in [-0.2, -0.15) is 5.10 Å². The molecule has 2 unspecified atom stereocenters. The Labute approximate surface area is 109 Å². The van der Waals surface area contributed by atoms with Gasteiger partial charge in [0, 0.05) is 6.20 Å². The summed E-state index contributed by atoms with van der Waals surface area (Å²) in [4.78, 5) is 0. The molecule has 0 amide bonds. The van der Waals surface area contributed by atoms with E-state index in [4.69, 9.17) is 5.73 Å². The van der Waals surface area contributed by atoms with Crippen molar-refractivity contribution in [2.45, 2.75) is 32.9 Å². The van der Waals surface area contributed by atoms with Crippen LogP contribution in [-0.2, 0) is 0 Å². The zero-order valence-corrected chi connectivity index (χ0v) is 11.2. The lowest BCUT2D eigenvalue weighted by atomic mass is 9.92. The quantitative estimate of drug-likeness (QED) is 0.896. The van der Waals surface area contributed by atoms with Crippen LogP contribution in [-0.4, -0.2) is 9.78 Å². The molecule has 96 valence electrons. The van der Waals surface area contributed by atoms with E-state index in [0.717, 1.165) is 11.3 Å². The summed E-state index contributed by atoms with van der Waals surface area (Å²) in [6, 6.07) is 12.4. The number of hydrogen-bond acceptors (Lipinski definition) is 2. The topological polar surface area (TPSA) is 43.8 Å². The molecule has 0 bridgehead atoms. The molecule has 1 heterocycles. The number of rotatable bonds is 4. The third-order valence-electron chi connectivity index (χ3n) is 3.28. The van der Waals surface area contributed by atoms with Gasteiger partial charge in [0.15, 0.2) is 0 Å². The molecule has 0 saturated carbocycles. The number of aryl methyl sites for hydroxylation is 1. The Morgan fingerprint density at radius 3 is 2.28 bits per heavy atom. The molecule has 18 heavy (non-hydrogen) atoms. The van der Waals surface area contributed by atoms with Crippen LogP contribution >= 0.6 is 0 Å². The molecule has 3 nitrogen and oxygen atoms in total. The van der Waals surface area contributed by atoms with Crippen molar-refractivity contribution in [3.8, 4) is 0 Å². The molecule has 0 aliphatic carbocycles. The molecule has 3 heteroatoms. The van der Waals surface area contributed by atoms with Gasteiger partial charge in [0.25, 0.3) is 0 Å². The van der Waals surface area contributed by atoms with Crippen LogP contribution < -0.4 is 5.73 Å². The zero-order chi connectivity index (χ0) is 13.1. The molecule has 2 aromatic rings. The Hall–Kier alpha value is -1.61. The molecule has 2 rings (SSSR count). The van der Waals surface area contributed by atoms with Crippen molar-refractivity contribution < 1.29 is 0 Å². The first-order chi connectivity index (χ1) is 8.59. The van der Waals surface area contributed by atoms with E-state index < -0.39 is 0 Å². The largest absolute Gasteiger partial charge is 0.322 e. The third kappa shape index (κ3) is 2.62. The standard InChI is InChI=1S/C15H21N3/c1-11(2)15(18-10-9-12(3)17-18)14(16)13-7-5-4-6-8-13/h4-11,14-15H,16H2,1-3H3. The highest BCUT2D eigenvalue weighted by Gasteiger charge is 2.24. The molecule has 0 spiro atoms. The highest BCUT2D eigenvalue weighted by atomic mass is 15.3. The zero-order valence-electron chi connectivity index (χ0n) is 11.2. The van der Waals surface area contributed by atoms with Gasteiger partial charge in [0.2, 0.25) is 0 Å². The summed E-state index contributed by atoms with van der Waals surface area (Å²) in [6.07, 6.45) is 2.02. The molecule has 1 aromatic carbocycles. The van der Waals surface area contributed by atoms with Crippen molar-refractivity contribution in [3.63, 3.8) is 0 Å². The van der Waals surface area contributed by atoms with E-state index in [1.54, 1.807) is 0 Å². The number of hydrogen-bond donors (Lipinski definition) is 1. The minimum Gasteiger partial charge on any atom is -0.322 e. The second-order valence-electron chi connectivity index (χ2n) is 5.11. The Balaban J connectivity index is 2.31. The first-order valence-corrected chi connectivity index (χ1v) is 6.42. The highest BCUT2D eigenvalue weighted by molar-refractivity contribution is 5.20. The molecular weight excluding hydrogens is 222 g/mol. The SMILES string of the molecule is Cc1ccn(C(C(C)C)C(N)c2ccccc2)n1. The van der Waals surface area contributed by atoms with Crippen molar-refractivity contribution in [2.24, 2.45) is 11.7 Å². The van der Waals surface area contributed by atoms with E-state index in [0.29, 0.717) is 5.92 Å². The highest BCUT2D eigenvalue weighted by Crippen LogP contribution is 2.30. The Morgan fingerprint density at radius 1 is 1.11 bits per heavy atom. The molecule has 1 aromatic heterocycles. The van der Waals surface area contributed by atoms with Gasteiger partial charge in [-0.25, -0.2) is 0 Å². The van der Waals surface area contributed by atoms with Gasteiger partial charge in [-0.3, -0.25) is 4.68 Å². The number of benzene rings is 1. The Bertz CT molecular complexity index is 487. The molecule has 0 fully saturated rings. The van der Waals surface area contributed by atoms with E-state index in [1.807, 2.05) is 42.1 Å². The van der Waals surface area contributed by atoms with Crippen LogP contribution in [0.1, 0.15) is 37.2 Å². The third-order valence-corrected chi connectivity index (χ3v) is 3.28. The van der Waals surface area contributed by atoms with Gasteiger partial charge in [0.1, 0.15) is 0 Å². The monoisotopic (exact) mass is 243 g/mol. The van der Waals surface area contributed by atoms with E-state index in [-0.39, 0.29) is 12.1 Å². The molecule has 0 radical (unpaired) electrons. The lowest BCUT2D eigenvalue weighted by molar-refractivity contribution is 0.293. The Kier molecular flexibility index (Phi) is 3.82. The lowest BCUT2D eigenvalue weighted by Gasteiger charge is -2.28. The second kappa shape index (κ2) is 5.36. The first-order valence-electron chi connectivity index (χ1n) is 6.42. The number of nitrogens with zero attached hydrogens (tertiary/aromatic N) is 2. The van der Waals surface area contributed by atoms with Gasteiger partial charge < -0.3 is 5.73 Å². The molecular formula is C15H21N3. The van der Waals surface area contributed by atoms with Gasteiger partial charge in [-0.05, 0) is 24.5 Å². The van der Waals surface area contributed by atoms with E-state index >= 15 is 0 Å². The summed E-state index contributed by atoms with van der Waals surface area (Å²) in [5, 5.41) is 4.52. The lowest BCUT2D eigenvalue weighted by Crippen LogP contribution is -2.29. The first kappa shape index (κ1) is 12.8. The summed E-state index contributed by atoms with van der Waals surface area (Å²) in [7, 11) is 0. The van der Waals surface area contributed by atoms with Crippen LogP contribution in [0.4, 0.5) is 0 Å². The maximum Gasteiger partial charge on any atom is 0.0734 e. The minimum atomic E-state index is -0.0366. The number of aromatic nitrogens is 2. The average molecular weight is 243 g/mol. The van der Waals surface area contributed by atoms with Crippen molar-refractivity contribution in [1.29, 1.82) is 0 Å². The van der Waals surface area contributed by atoms with Crippen LogP contribution in [0.2, 0.25) is 0 Å². The summed E-state index contributed by atoms with van der Waals surface area (Å²) >= 11 is 0. The second-order valence-corrected chi connectivity index (χ2v) is 5.11. The van der Waals surface area contributed by atoms with Gasteiger partial charge >= 0.3 is 0 Å². The van der Waals surface area contributed by atoms with Crippen molar-refractivity contribution >= 4 is 0 Å². The molecule has 0 aliphatic heterocycles. The normalized spacial score (nSPS) is 14.7. The van der Waals surface area contributed by atoms with Crippen LogP contribution in [0.15, 0.2) is 42.6 Å². The maximum absolute atomic E-state index is 6.42. The summed E-state index contributed by atoms with van der Waals surface area (Å²) in [5.74, 6) is 0.430. The summed E-state index contributed by atoms with van der Waals surface area (Å²) in [6.45, 7) is 6.37. The molecule has 2 atom stereocenters. The van der Waals surface area contributed by atoms with Crippen LogP contribution in [0.5, 0.6) is 0 Å². The van der Waals surface area contributed by atoms with E-state index in [1.165, 1.54) is 0 Å². The van der Waals surface area contributed by atoms with Crippen LogP contribution in [0.25, 0.3) is 0 Å². The predicted octanol–water partition coefficient (Wildman–Crippen LogP) is 3.09. The van der Waals surface area contributed by atoms with Crippen LogP contribution in [0, 0.1) is 12.8 Å². The van der Waals surface area contributed by atoms with Crippen molar-refractivity contribution in [2.75, 3.05) is 0 Å². The molecule has 0 aliphatic rings. The number of nitrogens with two attached hydrogens (primary N) is 1. The van der Waals surface area contributed by atoms with Gasteiger partial charge in [0.05, 0.1) is 17.8 Å². The average Bonchev–Trinajstić information content (AvgIpc) is 2.76. The van der Waals surface area contributed by atoms with Crippen molar-refractivity contribution in [1.82, 2.24) is 9.78 Å². The van der Waals surface area contributed by atoms with Gasteiger partial charge in [-0.1, -0.05) is 44.2 Å². The summed E-state index contributed by atoms with van der Waals surface area (Å²) < 4.78 is 2.00. The Morgan fingerprint density at radius 2 is 1.78 bits per heavy atom. The smallest absolute Gasteiger partial charge is 0.0734 e. The van der Waals surface area contributed by atoms with E-state index in [2.05, 4.69) is 31.1 Å². The predicted molar refractivity (Wildman–Crippen MR) is 74.2 cm³/mol. The van der Waals surface area contributed by atoms with E-state index in [9.17, 15) is 0 Å². The van der Waals surface area contributed by atoms with Gasteiger partial charge in [-0.15, -0.1) is 0 Å². The fraction of sp³-hybridized carbons (Fsp3) is 0.400. The minimum absolute atomic E-state index is 0.0366. The maximum atomic E-state index is 6.42. The molecule has 0 saturated heterocycles.